The van der Waals surface area contributed by atoms with Gasteiger partial charge in [-0.1, -0.05) is 13.8 Å². The van der Waals surface area contributed by atoms with Gasteiger partial charge in [-0.05, 0) is 24.1 Å². The number of benzene rings is 1. The van der Waals surface area contributed by atoms with Crippen LogP contribution in [0.4, 0.5) is 20.2 Å². The van der Waals surface area contributed by atoms with Gasteiger partial charge in [0.15, 0.2) is 5.82 Å². The van der Waals surface area contributed by atoms with Gasteiger partial charge in [-0.15, -0.1) is 0 Å². The molecule has 0 saturated heterocycles. The number of hydrogen-bond donors (Lipinski definition) is 2. The second-order valence-electron chi connectivity index (χ2n) is 3.09. The number of nitrogens with two attached hydrogens (primary N) is 1. The first kappa shape index (κ1) is 11.1. The van der Waals surface area contributed by atoms with Crippen molar-refractivity contribution in [3.8, 4) is 0 Å². The van der Waals surface area contributed by atoms with Crippen LogP contribution in [0.2, 0.25) is 0 Å². The van der Waals surface area contributed by atoms with Crippen molar-refractivity contribution in [2.45, 2.75) is 19.1 Å². The van der Waals surface area contributed by atoms with E-state index in [0.717, 1.165) is 6.07 Å². The number of nitrogens with one attached hydrogen (secondary N) is 1. The zero-order chi connectivity index (χ0) is 10.7. The molecule has 1 rings (SSSR count). The van der Waals surface area contributed by atoms with E-state index in [2.05, 4.69) is 4.72 Å². The molecule has 0 aliphatic heterocycles. The van der Waals surface area contributed by atoms with Crippen molar-refractivity contribution < 1.29 is 8.78 Å². The lowest BCUT2D eigenvalue weighted by Crippen LogP contribution is -2.01. The number of hydrogen-bond acceptors (Lipinski definition) is 3. The minimum atomic E-state index is -0.738. The molecular formula is C9H12F2N2S. The number of halogens is 2. The van der Waals surface area contributed by atoms with Crippen molar-refractivity contribution in [3.05, 3.63) is 23.8 Å². The van der Waals surface area contributed by atoms with Crippen LogP contribution in [0.15, 0.2) is 12.1 Å². The summed E-state index contributed by atoms with van der Waals surface area (Å²) >= 11 is 1.35. The van der Waals surface area contributed by atoms with Crippen LogP contribution in [-0.2, 0) is 0 Å². The molecule has 3 N–H and O–H groups in total. The molecule has 0 atom stereocenters. The Hall–Kier alpha value is -0.970. The molecule has 0 aliphatic rings. The van der Waals surface area contributed by atoms with E-state index in [-0.39, 0.29) is 5.69 Å². The highest BCUT2D eigenvalue weighted by Gasteiger charge is 2.10. The quantitative estimate of drug-likeness (QED) is 0.605. The SMILES string of the molecule is CC(C)SNc1ccc(F)c(N)c1F. The topological polar surface area (TPSA) is 38.0 Å². The maximum atomic E-state index is 13.3. The van der Waals surface area contributed by atoms with Crippen LogP contribution in [0.5, 0.6) is 0 Å². The van der Waals surface area contributed by atoms with Crippen molar-refractivity contribution in [3.63, 3.8) is 0 Å². The highest BCUT2D eigenvalue weighted by atomic mass is 32.2. The van der Waals surface area contributed by atoms with Crippen LogP contribution >= 0.6 is 11.9 Å². The van der Waals surface area contributed by atoms with Crippen LogP contribution in [0.3, 0.4) is 0 Å². The molecule has 0 spiro atoms. The fourth-order valence-corrected chi connectivity index (χ4v) is 1.35. The summed E-state index contributed by atoms with van der Waals surface area (Å²) in [5, 5.41) is 0.306. The number of rotatable bonds is 3. The summed E-state index contributed by atoms with van der Waals surface area (Å²) < 4.78 is 28.8. The smallest absolute Gasteiger partial charge is 0.172 e. The van der Waals surface area contributed by atoms with E-state index in [1.54, 1.807) is 0 Å². The molecule has 0 radical (unpaired) electrons. The van der Waals surface area contributed by atoms with Gasteiger partial charge in [0, 0.05) is 5.25 Å². The second kappa shape index (κ2) is 4.50. The fourth-order valence-electron chi connectivity index (χ4n) is 0.830. The van der Waals surface area contributed by atoms with E-state index < -0.39 is 17.3 Å². The molecule has 14 heavy (non-hydrogen) atoms. The summed E-state index contributed by atoms with van der Waals surface area (Å²) in [7, 11) is 0. The highest BCUT2D eigenvalue weighted by Crippen LogP contribution is 2.25. The van der Waals surface area contributed by atoms with Crippen molar-refractivity contribution >= 4 is 23.3 Å². The predicted octanol–water partition coefficient (Wildman–Crippen LogP) is 3.02. The van der Waals surface area contributed by atoms with Gasteiger partial charge in [-0.2, -0.15) is 0 Å². The van der Waals surface area contributed by atoms with Gasteiger partial charge in [0.25, 0.3) is 0 Å². The minimum Gasteiger partial charge on any atom is -0.394 e. The Morgan fingerprint density at radius 2 is 2.00 bits per heavy atom. The summed E-state index contributed by atoms with van der Waals surface area (Å²) in [6, 6.07) is 2.47. The molecule has 5 heteroatoms. The molecule has 78 valence electrons. The van der Waals surface area contributed by atoms with Crippen LogP contribution in [0.1, 0.15) is 13.8 Å². The van der Waals surface area contributed by atoms with E-state index in [0.29, 0.717) is 5.25 Å². The molecule has 1 aromatic rings. The van der Waals surface area contributed by atoms with Gasteiger partial charge < -0.3 is 10.5 Å². The Kier molecular flexibility index (Phi) is 3.57. The Morgan fingerprint density at radius 3 is 2.57 bits per heavy atom. The molecule has 0 bridgehead atoms. The normalized spacial score (nSPS) is 10.6. The molecule has 0 heterocycles. The molecule has 0 unspecified atom stereocenters. The maximum absolute atomic E-state index is 13.3. The van der Waals surface area contributed by atoms with Crippen molar-refractivity contribution in [2.24, 2.45) is 0 Å². The van der Waals surface area contributed by atoms with Crippen molar-refractivity contribution in [1.82, 2.24) is 0 Å². The minimum absolute atomic E-state index is 0.211. The molecule has 0 aromatic heterocycles. The third-order valence-electron chi connectivity index (χ3n) is 1.53. The van der Waals surface area contributed by atoms with Crippen LogP contribution < -0.4 is 10.5 Å². The summed E-state index contributed by atoms with van der Waals surface area (Å²) in [6.45, 7) is 3.92. The molecular weight excluding hydrogens is 206 g/mol. The predicted molar refractivity (Wildman–Crippen MR) is 57.1 cm³/mol. The molecule has 0 fully saturated rings. The summed E-state index contributed by atoms with van der Waals surface area (Å²) in [6.07, 6.45) is 0. The first-order valence-electron chi connectivity index (χ1n) is 4.17. The van der Waals surface area contributed by atoms with Gasteiger partial charge in [-0.25, -0.2) is 8.78 Å². The lowest BCUT2D eigenvalue weighted by Gasteiger charge is -2.10. The second-order valence-corrected chi connectivity index (χ2v) is 4.47. The first-order valence-corrected chi connectivity index (χ1v) is 5.05. The van der Waals surface area contributed by atoms with Gasteiger partial charge in [0.05, 0.1) is 5.69 Å². The van der Waals surface area contributed by atoms with E-state index in [1.807, 2.05) is 13.8 Å². The standard InChI is InChI=1S/C9H12F2N2S/c1-5(2)14-13-7-4-3-6(10)9(12)8(7)11/h3-5,13H,12H2,1-2H3. The van der Waals surface area contributed by atoms with Crippen LogP contribution in [0.25, 0.3) is 0 Å². The van der Waals surface area contributed by atoms with Gasteiger partial charge >= 0.3 is 0 Å². The third kappa shape index (κ3) is 2.51. The van der Waals surface area contributed by atoms with Gasteiger partial charge in [0.2, 0.25) is 0 Å². The summed E-state index contributed by atoms with van der Waals surface area (Å²) in [4.78, 5) is 0. The Morgan fingerprint density at radius 1 is 1.36 bits per heavy atom. The van der Waals surface area contributed by atoms with Gasteiger partial charge in [-0.3, -0.25) is 0 Å². The fraction of sp³-hybridized carbons (Fsp3) is 0.333. The zero-order valence-electron chi connectivity index (χ0n) is 7.97. The van der Waals surface area contributed by atoms with Crippen molar-refractivity contribution in [2.75, 3.05) is 10.5 Å². The maximum Gasteiger partial charge on any atom is 0.172 e. The number of nitrogen functional groups attached to an aromatic ring is 1. The van der Waals surface area contributed by atoms with E-state index >= 15 is 0 Å². The zero-order valence-corrected chi connectivity index (χ0v) is 8.79. The molecule has 0 saturated carbocycles. The Bertz CT molecular complexity index is 329. The van der Waals surface area contributed by atoms with Crippen molar-refractivity contribution in [1.29, 1.82) is 0 Å². The van der Waals surface area contributed by atoms with E-state index in [1.165, 1.54) is 18.0 Å². The molecule has 0 amide bonds. The van der Waals surface area contributed by atoms with Crippen LogP contribution in [-0.4, -0.2) is 5.25 Å². The lowest BCUT2D eigenvalue weighted by molar-refractivity contribution is 0.595. The Balaban J connectivity index is 2.83. The summed E-state index contributed by atoms with van der Waals surface area (Å²) in [5.41, 5.74) is 4.96. The first-order chi connectivity index (χ1) is 6.52. The Labute approximate surface area is 86.0 Å². The average molecular weight is 218 g/mol. The van der Waals surface area contributed by atoms with Crippen LogP contribution in [0, 0.1) is 11.6 Å². The highest BCUT2D eigenvalue weighted by molar-refractivity contribution is 8.01. The molecule has 0 aliphatic carbocycles. The largest absolute Gasteiger partial charge is 0.394 e. The van der Waals surface area contributed by atoms with E-state index in [9.17, 15) is 8.78 Å². The summed E-state index contributed by atoms with van der Waals surface area (Å²) in [5.74, 6) is -1.47. The lowest BCUT2D eigenvalue weighted by atomic mass is 10.2. The monoisotopic (exact) mass is 218 g/mol. The average Bonchev–Trinajstić information content (AvgIpc) is 2.13. The number of anilines is 2. The molecule has 1 aromatic carbocycles. The van der Waals surface area contributed by atoms with Gasteiger partial charge in [0.1, 0.15) is 11.5 Å². The third-order valence-corrected chi connectivity index (χ3v) is 2.34. The van der Waals surface area contributed by atoms with E-state index in [4.69, 9.17) is 5.73 Å². The molecule has 2 nitrogen and oxygen atoms in total.